The Bertz CT molecular complexity index is 767. The lowest BCUT2D eigenvalue weighted by atomic mass is 9.88. The first-order valence-corrected chi connectivity index (χ1v) is 7.87. The number of benzene rings is 1. The third-order valence-electron chi connectivity index (χ3n) is 3.86. The predicted molar refractivity (Wildman–Crippen MR) is 90.3 cm³/mol. The topological polar surface area (TPSA) is 72.0 Å². The van der Waals surface area contributed by atoms with Gasteiger partial charge >= 0.3 is 0 Å². The van der Waals surface area contributed by atoms with Crippen LogP contribution >= 0.6 is 11.6 Å². The minimum atomic E-state index is -0.373. The highest BCUT2D eigenvalue weighted by molar-refractivity contribution is 6.31. The molecule has 2 rings (SSSR count). The molecule has 6 heteroatoms. The molecule has 0 radical (unpaired) electrons. The second-order valence-corrected chi connectivity index (χ2v) is 5.66. The summed E-state index contributed by atoms with van der Waals surface area (Å²) in [5.74, 6) is 0.199. The van der Waals surface area contributed by atoms with Gasteiger partial charge in [0.1, 0.15) is 0 Å². The van der Waals surface area contributed by atoms with E-state index in [0.717, 1.165) is 12.8 Å². The Kier molecular flexibility index (Phi) is 5.55. The maximum atomic E-state index is 12.8. The maximum absolute atomic E-state index is 12.8. The van der Waals surface area contributed by atoms with Crippen LogP contribution in [0.5, 0.6) is 5.88 Å². The van der Waals surface area contributed by atoms with Crippen molar-refractivity contribution in [3.8, 4) is 17.0 Å². The molecule has 0 unspecified atom stereocenters. The number of nitrogens with one attached hydrogen (secondary N) is 1. The molecule has 0 aliphatic rings. The van der Waals surface area contributed by atoms with Gasteiger partial charge in [0.15, 0.2) is 5.78 Å². The second-order valence-electron chi connectivity index (χ2n) is 5.22. The van der Waals surface area contributed by atoms with E-state index in [4.69, 9.17) is 16.3 Å². The fraction of sp³-hybridized carbons (Fsp3) is 0.353. The van der Waals surface area contributed by atoms with Crippen LogP contribution in [0.2, 0.25) is 5.02 Å². The van der Waals surface area contributed by atoms with E-state index in [1.54, 1.807) is 18.2 Å². The fourth-order valence-corrected chi connectivity index (χ4v) is 2.75. The summed E-state index contributed by atoms with van der Waals surface area (Å²) in [6.07, 6.45) is 1.50. The number of H-pyrrole nitrogens is 1. The molecule has 1 aromatic heterocycles. The van der Waals surface area contributed by atoms with E-state index in [1.807, 2.05) is 13.8 Å². The largest absolute Gasteiger partial charge is 0.480 e. The van der Waals surface area contributed by atoms with Crippen LogP contribution in [0.15, 0.2) is 29.1 Å². The van der Waals surface area contributed by atoms with Gasteiger partial charge in [-0.25, -0.2) is 5.10 Å². The number of ketones is 1. The normalized spacial score (nSPS) is 10.8. The average Bonchev–Trinajstić information content (AvgIpc) is 2.55. The summed E-state index contributed by atoms with van der Waals surface area (Å²) in [5, 5.41) is 6.67. The van der Waals surface area contributed by atoms with Gasteiger partial charge in [-0.2, -0.15) is 0 Å². The van der Waals surface area contributed by atoms with Crippen molar-refractivity contribution < 1.29 is 9.53 Å². The predicted octanol–water partition coefficient (Wildman–Crippen LogP) is 3.72. The highest BCUT2D eigenvalue weighted by Gasteiger charge is 2.22. The van der Waals surface area contributed by atoms with E-state index in [1.165, 1.54) is 13.2 Å². The van der Waals surface area contributed by atoms with E-state index < -0.39 is 0 Å². The molecule has 2 aromatic rings. The zero-order valence-electron chi connectivity index (χ0n) is 13.4. The highest BCUT2D eigenvalue weighted by Crippen LogP contribution is 2.33. The van der Waals surface area contributed by atoms with Crippen molar-refractivity contribution >= 4 is 17.4 Å². The number of carbonyl (C=O) groups excluding carboxylic acids is 1. The smallest absolute Gasteiger partial charge is 0.265 e. The number of nitrogens with zero attached hydrogens (tertiary/aromatic N) is 1. The third kappa shape index (κ3) is 3.62. The van der Waals surface area contributed by atoms with E-state index in [9.17, 15) is 9.59 Å². The quantitative estimate of drug-likeness (QED) is 0.817. The molecule has 1 heterocycles. The number of Topliss-reactive ketones (excluding diaryl/α,β-unsaturated/α-hetero) is 1. The van der Waals surface area contributed by atoms with Crippen LogP contribution in [0.4, 0.5) is 0 Å². The first kappa shape index (κ1) is 17.2. The number of hydrogen-bond donors (Lipinski definition) is 1. The molecular weight excluding hydrogens is 316 g/mol. The molecule has 0 aliphatic heterocycles. The van der Waals surface area contributed by atoms with Crippen LogP contribution in [0.1, 0.15) is 37.0 Å². The number of hydrogen-bond acceptors (Lipinski definition) is 4. The van der Waals surface area contributed by atoms with Gasteiger partial charge in [-0.15, -0.1) is 5.10 Å². The molecule has 5 nitrogen and oxygen atoms in total. The van der Waals surface area contributed by atoms with Gasteiger partial charge in [0, 0.05) is 22.6 Å². The molecule has 1 N–H and O–H groups in total. The third-order valence-corrected chi connectivity index (χ3v) is 4.10. The second kappa shape index (κ2) is 7.42. The summed E-state index contributed by atoms with van der Waals surface area (Å²) in [6, 6.07) is 6.39. The average molecular weight is 335 g/mol. The molecular formula is C17H19ClN2O3. The molecule has 122 valence electrons. The summed E-state index contributed by atoms with van der Waals surface area (Å²) < 4.78 is 5.21. The van der Waals surface area contributed by atoms with Gasteiger partial charge < -0.3 is 4.74 Å². The van der Waals surface area contributed by atoms with E-state index in [-0.39, 0.29) is 23.1 Å². The lowest BCUT2D eigenvalue weighted by Crippen LogP contribution is -2.15. The van der Waals surface area contributed by atoms with E-state index in [0.29, 0.717) is 21.7 Å². The van der Waals surface area contributed by atoms with Crippen molar-refractivity contribution in [1.82, 2.24) is 10.2 Å². The lowest BCUT2D eigenvalue weighted by Gasteiger charge is -2.16. The Hall–Kier alpha value is -2.14. The Morgan fingerprint density at radius 3 is 2.57 bits per heavy atom. The van der Waals surface area contributed by atoms with Gasteiger partial charge in [0.05, 0.1) is 12.7 Å². The molecule has 0 aliphatic carbocycles. The molecule has 23 heavy (non-hydrogen) atoms. The zero-order valence-corrected chi connectivity index (χ0v) is 14.1. The van der Waals surface area contributed by atoms with Crippen LogP contribution in [-0.2, 0) is 0 Å². The van der Waals surface area contributed by atoms with Crippen molar-refractivity contribution in [2.24, 2.45) is 5.92 Å². The standard InChI is InChI=1S/C17H19ClN2O3/c1-4-10(5-2)16(22)12-7-6-11(18)8-13(12)14-9-15(21)19-20-17(14)23-3/h6-10H,4-5H2,1-3H3,(H,19,21). The molecule has 0 spiro atoms. The first-order chi connectivity index (χ1) is 11.0. The van der Waals surface area contributed by atoms with Gasteiger partial charge in [-0.3, -0.25) is 9.59 Å². The fourth-order valence-electron chi connectivity index (χ4n) is 2.57. The van der Waals surface area contributed by atoms with Gasteiger partial charge in [0.2, 0.25) is 5.88 Å². The molecule has 0 saturated carbocycles. The molecule has 0 saturated heterocycles. The molecule has 0 atom stereocenters. The molecule has 0 bridgehead atoms. The molecule has 0 fully saturated rings. The number of rotatable bonds is 6. The number of carbonyl (C=O) groups is 1. The summed E-state index contributed by atoms with van der Waals surface area (Å²) in [6.45, 7) is 3.97. The number of aromatic nitrogens is 2. The van der Waals surface area contributed by atoms with Crippen LogP contribution in [0.3, 0.4) is 0 Å². The minimum absolute atomic E-state index is 0.0315. The summed E-state index contributed by atoms with van der Waals surface area (Å²) in [7, 11) is 1.46. The van der Waals surface area contributed by atoms with Gasteiger partial charge in [0.25, 0.3) is 5.56 Å². The van der Waals surface area contributed by atoms with Crippen molar-refractivity contribution in [2.45, 2.75) is 26.7 Å². The number of halogens is 1. The van der Waals surface area contributed by atoms with Gasteiger partial charge in [-0.05, 0) is 36.6 Å². The van der Waals surface area contributed by atoms with Crippen LogP contribution < -0.4 is 10.3 Å². The molecule has 1 aromatic carbocycles. The minimum Gasteiger partial charge on any atom is -0.480 e. The van der Waals surface area contributed by atoms with Crippen LogP contribution in [-0.4, -0.2) is 23.1 Å². The van der Waals surface area contributed by atoms with Crippen molar-refractivity contribution in [3.63, 3.8) is 0 Å². The first-order valence-electron chi connectivity index (χ1n) is 7.49. The summed E-state index contributed by atoms with van der Waals surface area (Å²) in [4.78, 5) is 24.5. The summed E-state index contributed by atoms with van der Waals surface area (Å²) in [5.41, 5.74) is 1.16. The maximum Gasteiger partial charge on any atom is 0.265 e. The zero-order chi connectivity index (χ0) is 17.0. The van der Waals surface area contributed by atoms with E-state index in [2.05, 4.69) is 10.2 Å². The van der Waals surface area contributed by atoms with E-state index >= 15 is 0 Å². The Morgan fingerprint density at radius 1 is 1.26 bits per heavy atom. The van der Waals surface area contributed by atoms with Gasteiger partial charge in [-0.1, -0.05) is 25.4 Å². The Morgan fingerprint density at radius 2 is 1.96 bits per heavy atom. The van der Waals surface area contributed by atoms with Crippen LogP contribution in [0.25, 0.3) is 11.1 Å². The number of methoxy groups -OCH3 is 1. The Labute approximate surface area is 139 Å². The lowest BCUT2D eigenvalue weighted by molar-refractivity contribution is 0.0914. The number of ether oxygens (including phenoxy) is 1. The SMILES string of the molecule is CCC(CC)C(=O)c1ccc(Cl)cc1-c1cc(=O)[nH]nc1OC. The van der Waals surface area contributed by atoms with Crippen molar-refractivity contribution in [2.75, 3.05) is 7.11 Å². The highest BCUT2D eigenvalue weighted by atomic mass is 35.5. The van der Waals surface area contributed by atoms with Crippen LogP contribution in [0, 0.1) is 5.92 Å². The monoisotopic (exact) mass is 334 g/mol. The molecule has 0 amide bonds. The summed E-state index contributed by atoms with van der Waals surface area (Å²) >= 11 is 6.10. The number of aromatic amines is 1. The van der Waals surface area contributed by atoms with Crippen molar-refractivity contribution in [3.05, 3.63) is 45.2 Å². The van der Waals surface area contributed by atoms with Crippen molar-refractivity contribution in [1.29, 1.82) is 0 Å². The Balaban J connectivity index is 2.68.